The highest BCUT2D eigenvalue weighted by atomic mass is 16.1. The fourth-order valence-corrected chi connectivity index (χ4v) is 5.70. The molecule has 0 aromatic carbocycles. The fourth-order valence-electron chi connectivity index (χ4n) is 5.70. The van der Waals surface area contributed by atoms with Crippen molar-refractivity contribution in [2.75, 3.05) is 0 Å². The maximum absolute atomic E-state index is 13.2. The first-order chi connectivity index (χ1) is 13.6. The molecule has 0 aliphatic heterocycles. The normalized spacial score (nSPS) is 29.5. The number of ketones is 1. The van der Waals surface area contributed by atoms with Crippen LogP contribution < -0.4 is 11.5 Å². The van der Waals surface area contributed by atoms with E-state index in [2.05, 4.69) is 6.92 Å². The summed E-state index contributed by atoms with van der Waals surface area (Å²) in [6, 6.07) is 0.730. The van der Waals surface area contributed by atoms with Gasteiger partial charge in [-0.1, -0.05) is 58.3 Å². The molecule has 2 fully saturated rings. The molecule has 0 aromatic heterocycles. The van der Waals surface area contributed by atoms with Crippen LogP contribution in [-0.2, 0) is 4.79 Å². The number of Topliss-reactive ketones (excluding diaryl/α,β-unsaturated/α-hetero) is 1. The van der Waals surface area contributed by atoms with Gasteiger partial charge in [-0.05, 0) is 69.6 Å². The molecule has 0 unspecified atom stereocenters. The second-order valence-electron chi connectivity index (χ2n) is 9.92. The lowest BCUT2D eigenvalue weighted by molar-refractivity contribution is -0.128. The van der Waals surface area contributed by atoms with E-state index in [4.69, 9.17) is 11.5 Å². The van der Waals surface area contributed by atoms with Crippen LogP contribution in [-0.4, -0.2) is 17.9 Å². The smallest absolute Gasteiger partial charge is 0.136 e. The van der Waals surface area contributed by atoms with Gasteiger partial charge in [0.2, 0.25) is 0 Å². The van der Waals surface area contributed by atoms with E-state index in [-0.39, 0.29) is 0 Å². The Morgan fingerprint density at radius 3 is 1.50 bits per heavy atom. The standard InChI is InChI=1S/C25H48N2O/c1-2-3-4-5-6-7-8-9-10-11-24(28)25(20-12-16-22(26)17-13-20)21-14-18-23(27)19-15-21/h20-23,25H,2-19,26-27H2,1H3. The van der Waals surface area contributed by atoms with Crippen LogP contribution in [0.1, 0.15) is 122 Å². The lowest BCUT2D eigenvalue weighted by Crippen LogP contribution is -2.39. The van der Waals surface area contributed by atoms with Gasteiger partial charge in [-0.3, -0.25) is 4.79 Å². The molecule has 0 aromatic rings. The van der Waals surface area contributed by atoms with Crippen molar-refractivity contribution in [2.24, 2.45) is 29.2 Å². The molecule has 0 spiro atoms. The van der Waals surface area contributed by atoms with Crippen LogP contribution in [0.3, 0.4) is 0 Å². The third-order valence-electron chi connectivity index (χ3n) is 7.55. The number of hydrogen-bond acceptors (Lipinski definition) is 3. The maximum Gasteiger partial charge on any atom is 0.136 e. The van der Waals surface area contributed by atoms with Crippen molar-refractivity contribution < 1.29 is 4.79 Å². The summed E-state index contributed by atoms with van der Waals surface area (Å²) in [5.74, 6) is 2.05. The molecule has 0 heterocycles. The molecule has 0 bridgehead atoms. The summed E-state index contributed by atoms with van der Waals surface area (Å²) in [5.41, 5.74) is 12.3. The molecule has 3 heteroatoms. The molecule has 0 saturated heterocycles. The number of carbonyl (C=O) groups excluding carboxylic acids is 1. The van der Waals surface area contributed by atoms with Crippen LogP contribution in [0.25, 0.3) is 0 Å². The van der Waals surface area contributed by atoms with Gasteiger partial charge < -0.3 is 11.5 Å². The van der Waals surface area contributed by atoms with Crippen LogP contribution in [0.5, 0.6) is 0 Å². The van der Waals surface area contributed by atoms with E-state index in [0.29, 0.717) is 35.6 Å². The Morgan fingerprint density at radius 1 is 0.679 bits per heavy atom. The van der Waals surface area contributed by atoms with Crippen molar-refractivity contribution >= 4 is 5.78 Å². The van der Waals surface area contributed by atoms with Gasteiger partial charge in [-0.25, -0.2) is 0 Å². The highest BCUT2D eigenvalue weighted by molar-refractivity contribution is 5.81. The van der Waals surface area contributed by atoms with Gasteiger partial charge in [-0.2, -0.15) is 0 Å². The molecule has 2 aliphatic rings. The lowest BCUT2D eigenvalue weighted by Gasteiger charge is -2.39. The maximum atomic E-state index is 13.2. The molecule has 0 radical (unpaired) electrons. The van der Waals surface area contributed by atoms with Crippen molar-refractivity contribution in [3.63, 3.8) is 0 Å². The summed E-state index contributed by atoms with van der Waals surface area (Å²) >= 11 is 0. The van der Waals surface area contributed by atoms with E-state index in [1.165, 1.54) is 51.4 Å². The summed E-state index contributed by atoms with van der Waals surface area (Å²) in [7, 11) is 0. The van der Waals surface area contributed by atoms with Gasteiger partial charge in [-0.15, -0.1) is 0 Å². The number of carbonyl (C=O) groups is 1. The average molecular weight is 393 g/mol. The third-order valence-corrected chi connectivity index (χ3v) is 7.55. The summed E-state index contributed by atoms with van der Waals surface area (Å²) in [6.45, 7) is 2.27. The van der Waals surface area contributed by atoms with Crippen LogP contribution in [0.4, 0.5) is 0 Å². The molecular weight excluding hydrogens is 344 g/mol. The molecule has 0 amide bonds. The van der Waals surface area contributed by atoms with Crippen molar-refractivity contribution in [2.45, 2.75) is 135 Å². The fraction of sp³-hybridized carbons (Fsp3) is 0.960. The van der Waals surface area contributed by atoms with Crippen LogP contribution in [0, 0.1) is 17.8 Å². The zero-order chi connectivity index (χ0) is 20.2. The second-order valence-corrected chi connectivity index (χ2v) is 9.92. The predicted octanol–water partition coefficient (Wildman–Crippen LogP) is 6.13. The average Bonchev–Trinajstić information content (AvgIpc) is 2.70. The summed E-state index contributed by atoms with van der Waals surface area (Å²) < 4.78 is 0. The van der Waals surface area contributed by atoms with Gasteiger partial charge in [0.25, 0.3) is 0 Å². The van der Waals surface area contributed by atoms with Crippen molar-refractivity contribution in [3.8, 4) is 0 Å². The molecule has 2 saturated carbocycles. The van der Waals surface area contributed by atoms with Gasteiger partial charge >= 0.3 is 0 Å². The number of unbranched alkanes of at least 4 members (excludes halogenated alkanes) is 8. The Balaban J connectivity index is 1.72. The molecule has 3 nitrogen and oxygen atoms in total. The number of nitrogens with two attached hydrogens (primary N) is 2. The summed E-state index contributed by atoms with van der Waals surface area (Å²) in [6.07, 6.45) is 21.8. The molecular formula is C25H48N2O. The van der Waals surface area contributed by atoms with E-state index >= 15 is 0 Å². The van der Waals surface area contributed by atoms with Crippen LogP contribution in [0.15, 0.2) is 0 Å². The van der Waals surface area contributed by atoms with Gasteiger partial charge in [0, 0.05) is 24.4 Å². The van der Waals surface area contributed by atoms with Crippen molar-refractivity contribution in [3.05, 3.63) is 0 Å². The minimum absolute atomic E-state index is 0.300. The number of hydrogen-bond donors (Lipinski definition) is 2. The molecule has 164 valence electrons. The summed E-state index contributed by atoms with van der Waals surface area (Å²) in [5, 5.41) is 0. The minimum atomic E-state index is 0.300. The predicted molar refractivity (Wildman–Crippen MR) is 120 cm³/mol. The highest BCUT2D eigenvalue weighted by Crippen LogP contribution is 2.40. The first-order valence-electron chi connectivity index (χ1n) is 12.7. The van der Waals surface area contributed by atoms with E-state index < -0.39 is 0 Å². The Labute approximate surface area is 174 Å². The monoisotopic (exact) mass is 392 g/mol. The van der Waals surface area contributed by atoms with Crippen LogP contribution in [0.2, 0.25) is 0 Å². The Morgan fingerprint density at radius 2 is 1.07 bits per heavy atom. The molecule has 28 heavy (non-hydrogen) atoms. The highest BCUT2D eigenvalue weighted by Gasteiger charge is 2.37. The Kier molecular flexibility index (Phi) is 11.7. The molecule has 0 atom stereocenters. The Hall–Kier alpha value is -0.410. The minimum Gasteiger partial charge on any atom is -0.328 e. The SMILES string of the molecule is CCCCCCCCCCCC(=O)C(C1CCC(N)CC1)C1CCC(N)CC1. The molecule has 2 rings (SSSR count). The summed E-state index contributed by atoms with van der Waals surface area (Å²) in [4.78, 5) is 13.2. The van der Waals surface area contributed by atoms with Crippen LogP contribution >= 0.6 is 0 Å². The van der Waals surface area contributed by atoms with Gasteiger partial charge in [0.05, 0.1) is 0 Å². The lowest BCUT2D eigenvalue weighted by atomic mass is 9.66. The van der Waals surface area contributed by atoms with Crippen molar-refractivity contribution in [1.82, 2.24) is 0 Å². The van der Waals surface area contributed by atoms with Gasteiger partial charge in [0.1, 0.15) is 5.78 Å². The quantitative estimate of drug-likeness (QED) is 0.370. The zero-order valence-electron chi connectivity index (χ0n) is 18.7. The van der Waals surface area contributed by atoms with E-state index in [0.717, 1.165) is 64.2 Å². The van der Waals surface area contributed by atoms with E-state index in [1.54, 1.807) is 0 Å². The largest absolute Gasteiger partial charge is 0.328 e. The molecule has 2 aliphatic carbocycles. The second kappa shape index (κ2) is 13.7. The van der Waals surface area contributed by atoms with E-state index in [9.17, 15) is 4.79 Å². The van der Waals surface area contributed by atoms with Crippen molar-refractivity contribution in [1.29, 1.82) is 0 Å². The van der Waals surface area contributed by atoms with E-state index in [1.807, 2.05) is 0 Å². The Bertz CT molecular complexity index is 387. The topological polar surface area (TPSA) is 69.1 Å². The zero-order valence-corrected chi connectivity index (χ0v) is 18.7. The van der Waals surface area contributed by atoms with Gasteiger partial charge in [0.15, 0.2) is 0 Å². The first-order valence-corrected chi connectivity index (χ1v) is 12.7. The first kappa shape index (κ1) is 23.9. The number of rotatable bonds is 13. The third kappa shape index (κ3) is 8.53. The molecule has 4 N–H and O–H groups in total.